The highest BCUT2D eigenvalue weighted by Crippen LogP contribution is 2.43. The SMILES string of the molecule is CCOC(=O)C1CC2CC(=O)CC1N2S(=O)(=O)C1CCCCCCCC1. The van der Waals surface area contributed by atoms with Gasteiger partial charge in [0, 0.05) is 24.9 Å². The number of rotatable bonds is 4. The number of piperidine rings is 1. The number of carbonyl (C=O) groups is 2. The number of carbonyl (C=O) groups excluding carboxylic acids is 2. The molecule has 2 saturated heterocycles. The number of esters is 1. The molecule has 3 rings (SSSR count). The first-order valence-electron chi connectivity index (χ1n) is 10.2. The molecule has 0 N–H and O–H groups in total. The third kappa shape index (κ3) is 3.98. The van der Waals surface area contributed by atoms with Crippen molar-refractivity contribution in [2.75, 3.05) is 6.61 Å². The van der Waals surface area contributed by atoms with Crippen LogP contribution in [-0.4, -0.2) is 48.4 Å². The van der Waals surface area contributed by atoms with Gasteiger partial charge in [-0.1, -0.05) is 38.5 Å². The fourth-order valence-electron chi connectivity index (χ4n) is 4.95. The van der Waals surface area contributed by atoms with Gasteiger partial charge in [0.1, 0.15) is 5.78 Å². The Labute approximate surface area is 156 Å². The van der Waals surface area contributed by atoms with Crippen molar-refractivity contribution in [3.05, 3.63) is 0 Å². The molecule has 2 heterocycles. The summed E-state index contributed by atoms with van der Waals surface area (Å²) in [5.41, 5.74) is 0. The van der Waals surface area contributed by atoms with Crippen LogP contribution < -0.4 is 0 Å². The first-order chi connectivity index (χ1) is 12.4. The van der Waals surface area contributed by atoms with Gasteiger partial charge in [0.25, 0.3) is 0 Å². The zero-order valence-electron chi connectivity index (χ0n) is 15.7. The second-order valence-electron chi connectivity index (χ2n) is 7.96. The quantitative estimate of drug-likeness (QED) is 0.695. The minimum absolute atomic E-state index is 0.0627. The summed E-state index contributed by atoms with van der Waals surface area (Å²) < 4.78 is 33.7. The van der Waals surface area contributed by atoms with Crippen molar-refractivity contribution in [1.29, 1.82) is 0 Å². The van der Waals surface area contributed by atoms with E-state index in [4.69, 9.17) is 4.74 Å². The molecule has 3 atom stereocenters. The summed E-state index contributed by atoms with van der Waals surface area (Å²) in [6, 6.07) is -0.911. The third-order valence-electron chi connectivity index (χ3n) is 6.18. The third-order valence-corrected chi connectivity index (χ3v) is 8.65. The van der Waals surface area contributed by atoms with Crippen molar-refractivity contribution < 1.29 is 22.7 Å². The Morgan fingerprint density at radius 3 is 2.31 bits per heavy atom. The molecule has 3 fully saturated rings. The molecule has 26 heavy (non-hydrogen) atoms. The van der Waals surface area contributed by atoms with Gasteiger partial charge in [0.2, 0.25) is 10.0 Å². The van der Waals surface area contributed by atoms with Crippen LogP contribution in [0.5, 0.6) is 0 Å². The Morgan fingerprint density at radius 2 is 1.69 bits per heavy atom. The zero-order chi connectivity index (χ0) is 18.7. The molecule has 0 radical (unpaired) electrons. The van der Waals surface area contributed by atoms with Crippen LogP contribution in [0.1, 0.15) is 77.6 Å². The van der Waals surface area contributed by atoms with Crippen LogP contribution in [0.3, 0.4) is 0 Å². The van der Waals surface area contributed by atoms with E-state index in [0.29, 0.717) is 19.3 Å². The fourth-order valence-corrected chi connectivity index (χ4v) is 7.40. The van der Waals surface area contributed by atoms with Crippen LogP contribution in [0.2, 0.25) is 0 Å². The fraction of sp³-hybridized carbons (Fsp3) is 0.895. The summed E-state index contributed by atoms with van der Waals surface area (Å²) in [6.07, 6.45) is 8.59. The molecule has 2 aliphatic heterocycles. The molecule has 2 bridgehead atoms. The summed E-state index contributed by atoms with van der Waals surface area (Å²) >= 11 is 0. The molecule has 1 aliphatic carbocycles. The first-order valence-corrected chi connectivity index (χ1v) is 11.7. The second-order valence-corrected chi connectivity index (χ2v) is 10.1. The number of hydrogen-bond acceptors (Lipinski definition) is 5. The van der Waals surface area contributed by atoms with E-state index in [1.54, 1.807) is 11.2 Å². The van der Waals surface area contributed by atoms with Gasteiger partial charge in [0.05, 0.1) is 17.8 Å². The molecular formula is C19H31NO5S. The van der Waals surface area contributed by atoms with E-state index >= 15 is 0 Å². The highest BCUT2D eigenvalue weighted by atomic mass is 32.2. The van der Waals surface area contributed by atoms with Crippen molar-refractivity contribution in [3.63, 3.8) is 0 Å². The van der Waals surface area contributed by atoms with Crippen molar-refractivity contribution in [2.45, 2.75) is 94.9 Å². The minimum Gasteiger partial charge on any atom is -0.466 e. The minimum atomic E-state index is -3.51. The number of nitrogens with zero attached hydrogens (tertiary/aromatic N) is 1. The Hall–Kier alpha value is -0.950. The maximum Gasteiger partial charge on any atom is 0.310 e. The Bertz CT molecular complexity index is 622. The van der Waals surface area contributed by atoms with Crippen LogP contribution in [0.25, 0.3) is 0 Å². The number of hydrogen-bond donors (Lipinski definition) is 0. The average Bonchev–Trinajstić information content (AvgIpc) is 2.92. The Morgan fingerprint density at radius 1 is 1.08 bits per heavy atom. The van der Waals surface area contributed by atoms with Gasteiger partial charge >= 0.3 is 5.97 Å². The molecule has 1 saturated carbocycles. The lowest BCUT2D eigenvalue weighted by atomic mass is 9.98. The Kier molecular flexibility index (Phi) is 6.38. The lowest BCUT2D eigenvalue weighted by molar-refractivity contribution is -0.148. The monoisotopic (exact) mass is 385 g/mol. The normalized spacial score (nSPS) is 31.9. The predicted octanol–water partition coefficient (Wildman–Crippen LogP) is 2.80. The molecule has 0 amide bonds. The van der Waals surface area contributed by atoms with Crippen molar-refractivity contribution in [1.82, 2.24) is 4.31 Å². The summed E-state index contributed by atoms with van der Waals surface area (Å²) in [6.45, 7) is 2.02. The van der Waals surface area contributed by atoms with Gasteiger partial charge in [-0.05, 0) is 26.2 Å². The van der Waals surface area contributed by atoms with Crippen LogP contribution in [0, 0.1) is 5.92 Å². The summed E-state index contributed by atoms with van der Waals surface area (Å²) in [7, 11) is -3.51. The largest absolute Gasteiger partial charge is 0.466 e. The van der Waals surface area contributed by atoms with E-state index in [9.17, 15) is 18.0 Å². The number of Topliss-reactive ketones (excluding diaryl/α,β-unsaturated/α-hetero) is 1. The standard InChI is InChI=1S/C19H31NO5S/c1-2-25-19(22)17-12-14-11-15(21)13-18(17)20(14)26(23,24)16-9-7-5-3-4-6-8-10-16/h14,16-18H,2-13H2,1H3. The maximum atomic E-state index is 13.5. The molecule has 148 valence electrons. The van der Waals surface area contributed by atoms with Gasteiger partial charge in [-0.25, -0.2) is 8.42 Å². The Balaban J connectivity index is 1.83. The number of fused-ring (bicyclic) bond motifs is 2. The van der Waals surface area contributed by atoms with E-state index in [2.05, 4.69) is 0 Å². The molecule has 0 aromatic carbocycles. The van der Waals surface area contributed by atoms with Crippen LogP contribution >= 0.6 is 0 Å². The van der Waals surface area contributed by atoms with E-state index in [1.165, 1.54) is 12.8 Å². The summed E-state index contributed by atoms with van der Waals surface area (Å²) in [4.78, 5) is 24.4. The van der Waals surface area contributed by atoms with E-state index in [1.807, 2.05) is 0 Å². The van der Waals surface area contributed by atoms with Crippen LogP contribution in [0.15, 0.2) is 0 Å². The van der Waals surface area contributed by atoms with Crippen molar-refractivity contribution in [2.24, 2.45) is 5.92 Å². The van der Waals surface area contributed by atoms with Crippen LogP contribution in [0.4, 0.5) is 0 Å². The highest BCUT2D eigenvalue weighted by molar-refractivity contribution is 7.89. The smallest absolute Gasteiger partial charge is 0.310 e. The van der Waals surface area contributed by atoms with E-state index < -0.39 is 22.0 Å². The topological polar surface area (TPSA) is 80.8 Å². The lowest BCUT2D eigenvalue weighted by Crippen LogP contribution is -2.51. The molecule has 3 aliphatic rings. The van der Waals surface area contributed by atoms with Gasteiger partial charge in [-0.3, -0.25) is 9.59 Å². The maximum absolute atomic E-state index is 13.5. The molecule has 6 nitrogen and oxygen atoms in total. The van der Waals surface area contributed by atoms with E-state index in [0.717, 1.165) is 25.7 Å². The molecule has 0 aromatic rings. The molecule has 0 aromatic heterocycles. The summed E-state index contributed by atoms with van der Waals surface area (Å²) in [5.74, 6) is -0.797. The van der Waals surface area contributed by atoms with Gasteiger partial charge < -0.3 is 4.74 Å². The average molecular weight is 386 g/mol. The zero-order valence-corrected chi connectivity index (χ0v) is 16.5. The van der Waals surface area contributed by atoms with Crippen LogP contribution in [-0.2, 0) is 24.3 Å². The van der Waals surface area contributed by atoms with Gasteiger partial charge in [-0.15, -0.1) is 0 Å². The lowest BCUT2D eigenvalue weighted by Gasteiger charge is -2.36. The van der Waals surface area contributed by atoms with Gasteiger partial charge in [0.15, 0.2) is 0 Å². The van der Waals surface area contributed by atoms with Gasteiger partial charge in [-0.2, -0.15) is 4.31 Å². The molecule has 7 heteroatoms. The second kappa shape index (κ2) is 8.38. The first kappa shape index (κ1) is 19.8. The molecule has 3 unspecified atom stereocenters. The summed E-state index contributed by atoms with van der Waals surface area (Å²) in [5, 5.41) is -0.375. The number of ketones is 1. The number of ether oxygens (including phenoxy) is 1. The molecule has 0 spiro atoms. The van der Waals surface area contributed by atoms with E-state index in [-0.39, 0.29) is 42.5 Å². The molecular weight excluding hydrogens is 354 g/mol. The van der Waals surface area contributed by atoms with Crippen molar-refractivity contribution >= 4 is 21.8 Å². The highest BCUT2D eigenvalue weighted by Gasteiger charge is 2.55. The number of sulfonamides is 1. The predicted molar refractivity (Wildman–Crippen MR) is 98.0 cm³/mol. The van der Waals surface area contributed by atoms with Crippen molar-refractivity contribution in [3.8, 4) is 0 Å².